The molecule has 0 spiro atoms. The van der Waals surface area contributed by atoms with Crippen molar-refractivity contribution in [2.75, 3.05) is 6.61 Å². The summed E-state index contributed by atoms with van der Waals surface area (Å²) in [5.74, 6) is -0.492. The first-order chi connectivity index (χ1) is 14.1. The molecule has 30 heavy (non-hydrogen) atoms. The molecule has 4 N–H and O–H groups in total. The van der Waals surface area contributed by atoms with Crippen molar-refractivity contribution in [1.29, 1.82) is 0 Å². The predicted molar refractivity (Wildman–Crippen MR) is 99.7 cm³/mol. The molecule has 1 aromatic heterocycles. The molecule has 0 bridgehead atoms. The number of ether oxygens (including phenoxy) is 1. The molecule has 1 aliphatic heterocycles. The highest BCUT2D eigenvalue weighted by Gasteiger charge is 2.45. The molecule has 4 atom stereocenters. The molecule has 0 unspecified atom stereocenters. The van der Waals surface area contributed by atoms with Gasteiger partial charge in [0, 0.05) is 17.8 Å². The summed E-state index contributed by atoms with van der Waals surface area (Å²) in [5, 5.41) is 20.3. The van der Waals surface area contributed by atoms with Crippen molar-refractivity contribution >= 4 is 13.6 Å². The largest absolute Gasteiger partial charge is 0.469 e. The van der Waals surface area contributed by atoms with Crippen LogP contribution in [0.2, 0.25) is 0 Å². The Morgan fingerprint density at radius 3 is 2.40 bits per heavy atom. The third kappa shape index (κ3) is 4.82. The first-order valence-electron chi connectivity index (χ1n) is 8.70. The van der Waals surface area contributed by atoms with Crippen LogP contribution in [0.25, 0.3) is 0 Å². The second-order valence-electron chi connectivity index (χ2n) is 6.55. The molecule has 1 aliphatic rings. The Morgan fingerprint density at radius 1 is 1.10 bits per heavy atom. The lowest BCUT2D eigenvalue weighted by atomic mass is 10.1. The third-order valence-corrected chi connectivity index (χ3v) is 5.00. The van der Waals surface area contributed by atoms with Gasteiger partial charge in [-0.05, 0) is 0 Å². The standard InChI is InChI=1S/C17H19N2O10P/c20-11(10-4-2-1-3-5-10)8-19-13(21)6-7-18(17(19)24)16-15(23)14(22)12(29-16)9-28-30(25,26)27/h1-7,12,14-16,22-23H,8-9H2,(H2,25,26,27)/t12-,14-,15-,16-/m1/s1. The van der Waals surface area contributed by atoms with Gasteiger partial charge >= 0.3 is 13.5 Å². The Morgan fingerprint density at radius 2 is 1.77 bits per heavy atom. The van der Waals surface area contributed by atoms with Crippen LogP contribution in [0.5, 0.6) is 0 Å². The Hall–Kier alpha value is -2.44. The Bertz CT molecular complexity index is 1080. The van der Waals surface area contributed by atoms with Crippen LogP contribution >= 0.6 is 7.82 Å². The zero-order valence-corrected chi connectivity index (χ0v) is 16.2. The lowest BCUT2D eigenvalue weighted by molar-refractivity contribution is -0.0548. The number of hydrogen-bond acceptors (Lipinski definition) is 8. The van der Waals surface area contributed by atoms with E-state index in [1.807, 2.05) is 0 Å². The molecule has 0 amide bonds. The molecule has 0 saturated carbocycles. The number of aliphatic hydroxyl groups excluding tert-OH is 2. The van der Waals surface area contributed by atoms with Crippen LogP contribution in [0.3, 0.4) is 0 Å². The average molecular weight is 442 g/mol. The van der Waals surface area contributed by atoms with Crippen LogP contribution in [0, 0.1) is 0 Å². The highest BCUT2D eigenvalue weighted by atomic mass is 31.2. The Labute approximate surface area is 168 Å². The topological polar surface area (TPSA) is 178 Å². The molecule has 1 fully saturated rings. The van der Waals surface area contributed by atoms with Gasteiger partial charge in [0.15, 0.2) is 12.0 Å². The summed E-state index contributed by atoms with van der Waals surface area (Å²) in [4.78, 5) is 54.8. The van der Waals surface area contributed by atoms with Gasteiger partial charge in [-0.25, -0.2) is 9.36 Å². The van der Waals surface area contributed by atoms with E-state index in [0.717, 1.165) is 16.8 Å². The van der Waals surface area contributed by atoms with Crippen molar-refractivity contribution in [3.8, 4) is 0 Å². The molecule has 2 aromatic rings. The lowest BCUT2D eigenvalue weighted by Gasteiger charge is -2.18. The number of carbonyl (C=O) groups excluding carboxylic acids is 1. The number of nitrogens with zero attached hydrogens (tertiary/aromatic N) is 2. The molecule has 13 heteroatoms. The maximum Gasteiger partial charge on any atom is 0.469 e. The molecule has 12 nitrogen and oxygen atoms in total. The van der Waals surface area contributed by atoms with E-state index in [-0.39, 0.29) is 0 Å². The van der Waals surface area contributed by atoms with Crippen molar-refractivity contribution < 1.29 is 38.6 Å². The van der Waals surface area contributed by atoms with Gasteiger partial charge < -0.3 is 24.7 Å². The van der Waals surface area contributed by atoms with E-state index in [2.05, 4.69) is 4.52 Å². The summed E-state index contributed by atoms with van der Waals surface area (Å²) in [6.45, 7) is -1.31. The van der Waals surface area contributed by atoms with Crippen LogP contribution in [0.15, 0.2) is 52.2 Å². The van der Waals surface area contributed by atoms with Crippen molar-refractivity contribution in [2.24, 2.45) is 0 Å². The highest BCUT2D eigenvalue weighted by Crippen LogP contribution is 2.38. The maximum absolute atomic E-state index is 12.8. The summed E-state index contributed by atoms with van der Waals surface area (Å²) < 4.78 is 21.9. The number of carbonyl (C=O) groups is 1. The van der Waals surface area contributed by atoms with E-state index >= 15 is 0 Å². The van der Waals surface area contributed by atoms with E-state index in [1.54, 1.807) is 18.2 Å². The van der Waals surface area contributed by atoms with Crippen molar-refractivity contribution in [2.45, 2.75) is 31.1 Å². The molecule has 0 aliphatic carbocycles. The number of hydrogen-bond donors (Lipinski definition) is 4. The van der Waals surface area contributed by atoms with Gasteiger partial charge in [-0.2, -0.15) is 0 Å². The van der Waals surface area contributed by atoms with E-state index in [0.29, 0.717) is 10.1 Å². The number of rotatable bonds is 7. The number of Topliss-reactive ketones (excluding diaryl/α,β-unsaturated/α-hetero) is 1. The molecule has 162 valence electrons. The number of phosphoric acid groups is 1. The number of aliphatic hydroxyl groups is 2. The minimum absolute atomic E-state index is 0.293. The fourth-order valence-electron chi connectivity index (χ4n) is 3.00. The Balaban J connectivity index is 1.86. The van der Waals surface area contributed by atoms with Crippen molar-refractivity contribution in [3.05, 3.63) is 69.0 Å². The minimum Gasteiger partial charge on any atom is -0.387 e. The van der Waals surface area contributed by atoms with Gasteiger partial charge in [-0.15, -0.1) is 0 Å². The number of benzene rings is 1. The summed E-state index contributed by atoms with van der Waals surface area (Å²) in [5.41, 5.74) is -1.43. The second-order valence-corrected chi connectivity index (χ2v) is 7.79. The lowest BCUT2D eigenvalue weighted by Crippen LogP contribution is -2.44. The van der Waals surface area contributed by atoms with Gasteiger partial charge in [0.05, 0.1) is 13.2 Å². The minimum atomic E-state index is -4.85. The number of aromatic nitrogens is 2. The molecule has 2 heterocycles. The SMILES string of the molecule is O=C(Cn1c(=O)ccn([C@@H]2O[C@H](COP(=O)(O)O)[C@@H](O)[C@H]2O)c1=O)c1ccccc1. The molecule has 1 aromatic carbocycles. The van der Waals surface area contributed by atoms with Crippen LogP contribution in [-0.4, -0.2) is 59.8 Å². The van der Waals surface area contributed by atoms with Crippen LogP contribution in [0.4, 0.5) is 0 Å². The maximum atomic E-state index is 12.8. The fourth-order valence-corrected chi connectivity index (χ4v) is 3.34. The normalized spacial score (nSPS) is 24.1. The van der Waals surface area contributed by atoms with Gasteiger partial charge in [-0.3, -0.25) is 23.2 Å². The van der Waals surface area contributed by atoms with Gasteiger partial charge in [0.1, 0.15) is 18.3 Å². The first-order valence-corrected chi connectivity index (χ1v) is 10.2. The fraction of sp³-hybridized carbons (Fsp3) is 0.353. The van der Waals surface area contributed by atoms with Crippen LogP contribution in [0.1, 0.15) is 16.6 Å². The molecular formula is C17H19N2O10P. The monoisotopic (exact) mass is 442 g/mol. The van der Waals surface area contributed by atoms with E-state index in [1.165, 1.54) is 12.1 Å². The molecular weight excluding hydrogens is 423 g/mol. The van der Waals surface area contributed by atoms with E-state index in [4.69, 9.17) is 14.5 Å². The zero-order chi connectivity index (χ0) is 22.1. The number of ketones is 1. The van der Waals surface area contributed by atoms with E-state index < -0.39 is 62.5 Å². The van der Waals surface area contributed by atoms with Crippen molar-refractivity contribution in [3.63, 3.8) is 0 Å². The van der Waals surface area contributed by atoms with Gasteiger partial charge in [-0.1, -0.05) is 30.3 Å². The predicted octanol–water partition coefficient (Wildman–Crippen LogP) is -1.38. The quantitative estimate of drug-likeness (QED) is 0.295. The van der Waals surface area contributed by atoms with Crippen LogP contribution < -0.4 is 11.2 Å². The summed E-state index contributed by atoms with van der Waals surface area (Å²) in [7, 11) is -4.85. The first kappa shape index (κ1) is 22.2. The van der Waals surface area contributed by atoms with Gasteiger partial charge in [0.2, 0.25) is 0 Å². The zero-order valence-electron chi connectivity index (χ0n) is 15.3. The average Bonchev–Trinajstić information content (AvgIpc) is 2.98. The summed E-state index contributed by atoms with van der Waals surface area (Å²) in [6.07, 6.45) is -5.09. The third-order valence-electron chi connectivity index (χ3n) is 4.51. The van der Waals surface area contributed by atoms with E-state index in [9.17, 15) is 29.2 Å². The molecule has 3 rings (SSSR count). The second kappa shape index (κ2) is 8.74. The smallest absolute Gasteiger partial charge is 0.387 e. The van der Waals surface area contributed by atoms with Crippen LogP contribution in [-0.2, 0) is 20.4 Å². The summed E-state index contributed by atoms with van der Waals surface area (Å²) >= 11 is 0. The highest BCUT2D eigenvalue weighted by molar-refractivity contribution is 7.46. The number of phosphoric ester groups is 1. The molecule has 1 saturated heterocycles. The summed E-state index contributed by atoms with van der Waals surface area (Å²) in [6, 6.07) is 9.00. The molecule has 0 radical (unpaired) electrons. The van der Waals surface area contributed by atoms with Gasteiger partial charge in [0.25, 0.3) is 5.56 Å². The Kier molecular flexibility index (Phi) is 6.48. The van der Waals surface area contributed by atoms with Crippen molar-refractivity contribution in [1.82, 2.24) is 9.13 Å².